The van der Waals surface area contributed by atoms with Crippen molar-refractivity contribution in [1.29, 1.82) is 0 Å². The highest BCUT2D eigenvalue weighted by Crippen LogP contribution is 2.60. The minimum atomic E-state index is -1.17. The lowest BCUT2D eigenvalue weighted by Gasteiger charge is -2.21. The van der Waals surface area contributed by atoms with Gasteiger partial charge in [0.2, 0.25) is 17.7 Å². The molecular weight excluding hydrogens is 408 g/mol. The van der Waals surface area contributed by atoms with E-state index in [-0.39, 0.29) is 23.5 Å². The lowest BCUT2D eigenvalue weighted by atomic mass is 9.91. The smallest absolute Gasteiger partial charge is 0.225 e. The number of nitrogens with two attached hydrogens (primary N) is 1. The van der Waals surface area contributed by atoms with Gasteiger partial charge in [0.25, 0.3) is 0 Å². The summed E-state index contributed by atoms with van der Waals surface area (Å²) in [5.74, 6) is -2.33. The number of nitrogen functional groups attached to an aromatic ring is 1. The first-order valence-corrected chi connectivity index (χ1v) is 11.2. The van der Waals surface area contributed by atoms with E-state index in [1.165, 1.54) is 0 Å². The molecule has 174 valence electrons. The van der Waals surface area contributed by atoms with Gasteiger partial charge < -0.3 is 21.3 Å². The summed E-state index contributed by atoms with van der Waals surface area (Å²) in [5.41, 5.74) is 5.01. The lowest BCUT2D eigenvalue weighted by molar-refractivity contribution is -0.128. The van der Waals surface area contributed by atoms with E-state index in [4.69, 9.17) is 5.73 Å². The van der Waals surface area contributed by atoms with E-state index < -0.39 is 22.8 Å². The Balaban J connectivity index is 1.71. The Morgan fingerprint density at radius 2 is 1.81 bits per heavy atom. The standard InChI is InChI=1S/C24H34N4O4/c1-23(2,3)27-22(32)19-18(21(31)26-12-8-14-28-13-7-11-17(28)29)24(19,4)20(30)15-9-5-6-10-16(15)25/h5-6,9-10,18-19H,7-8,11-14,25H2,1-4H3,(H,26,31)(H,27,32)/t18-,19+,24+/m0/s1. The molecule has 8 nitrogen and oxygen atoms in total. The number of benzene rings is 1. The van der Waals surface area contributed by atoms with Crippen LogP contribution < -0.4 is 16.4 Å². The van der Waals surface area contributed by atoms with Crippen molar-refractivity contribution < 1.29 is 19.2 Å². The number of nitrogens with one attached hydrogen (secondary N) is 2. The van der Waals surface area contributed by atoms with Gasteiger partial charge in [-0.3, -0.25) is 19.2 Å². The van der Waals surface area contributed by atoms with Crippen LogP contribution in [0.3, 0.4) is 0 Å². The highest BCUT2D eigenvalue weighted by Gasteiger charge is 2.72. The normalized spacial score (nSPS) is 24.9. The number of carbonyl (C=O) groups is 4. The number of hydrogen-bond donors (Lipinski definition) is 3. The molecule has 0 spiro atoms. The first-order chi connectivity index (χ1) is 15.0. The van der Waals surface area contributed by atoms with E-state index in [0.717, 1.165) is 13.0 Å². The maximum absolute atomic E-state index is 13.4. The summed E-state index contributed by atoms with van der Waals surface area (Å²) in [5, 5.41) is 5.77. The van der Waals surface area contributed by atoms with Crippen molar-refractivity contribution in [1.82, 2.24) is 15.5 Å². The third-order valence-corrected chi connectivity index (χ3v) is 6.35. The van der Waals surface area contributed by atoms with Crippen LogP contribution in [0.4, 0.5) is 5.69 Å². The molecule has 1 aliphatic carbocycles. The fraction of sp³-hybridized carbons (Fsp3) is 0.583. The minimum Gasteiger partial charge on any atom is -0.398 e. The summed E-state index contributed by atoms with van der Waals surface area (Å²) < 4.78 is 0. The van der Waals surface area contributed by atoms with Crippen LogP contribution in [0.2, 0.25) is 0 Å². The maximum Gasteiger partial charge on any atom is 0.225 e. The predicted octanol–water partition coefficient (Wildman–Crippen LogP) is 1.75. The Labute approximate surface area is 189 Å². The van der Waals surface area contributed by atoms with Gasteiger partial charge in [-0.25, -0.2) is 0 Å². The lowest BCUT2D eigenvalue weighted by Crippen LogP contribution is -2.43. The molecule has 3 atom stereocenters. The van der Waals surface area contributed by atoms with Crippen molar-refractivity contribution in [2.45, 2.75) is 52.5 Å². The number of nitrogens with zero attached hydrogens (tertiary/aromatic N) is 1. The number of Topliss-reactive ketones (excluding diaryl/α,β-unsaturated/α-hetero) is 1. The summed E-state index contributed by atoms with van der Waals surface area (Å²) in [7, 11) is 0. The van der Waals surface area contributed by atoms with Crippen molar-refractivity contribution in [2.75, 3.05) is 25.4 Å². The van der Waals surface area contributed by atoms with Gasteiger partial charge in [0.1, 0.15) is 0 Å². The molecule has 1 heterocycles. The van der Waals surface area contributed by atoms with Crippen LogP contribution in [0.15, 0.2) is 24.3 Å². The largest absolute Gasteiger partial charge is 0.398 e. The number of hydrogen-bond acceptors (Lipinski definition) is 5. The van der Waals surface area contributed by atoms with Crippen LogP contribution in [0.1, 0.15) is 57.3 Å². The van der Waals surface area contributed by atoms with Gasteiger partial charge >= 0.3 is 0 Å². The second kappa shape index (κ2) is 8.92. The highest BCUT2D eigenvalue weighted by atomic mass is 16.2. The Morgan fingerprint density at radius 1 is 1.16 bits per heavy atom. The maximum atomic E-state index is 13.4. The van der Waals surface area contributed by atoms with E-state index in [9.17, 15) is 19.2 Å². The molecule has 2 fully saturated rings. The SMILES string of the molecule is CC(C)(C)NC(=O)[C@H]1[C@@H](C(=O)NCCCN2CCCC2=O)[C@@]1(C)C(=O)c1ccccc1N. The van der Waals surface area contributed by atoms with Crippen LogP contribution >= 0.6 is 0 Å². The van der Waals surface area contributed by atoms with Crippen molar-refractivity contribution in [2.24, 2.45) is 17.3 Å². The molecule has 0 bridgehead atoms. The average molecular weight is 443 g/mol. The Kier molecular flexibility index (Phi) is 6.62. The summed E-state index contributed by atoms with van der Waals surface area (Å²) in [6.45, 7) is 8.97. The topological polar surface area (TPSA) is 122 Å². The molecular formula is C24H34N4O4. The summed E-state index contributed by atoms with van der Waals surface area (Å²) in [6, 6.07) is 6.72. The third kappa shape index (κ3) is 4.79. The summed E-state index contributed by atoms with van der Waals surface area (Å²) >= 11 is 0. The van der Waals surface area contributed by atoms with E-state index >= 15 is 0 Å². The number of anilines is 1. The number of para-hydroxylation sites is 1. The molecule has 0 radical (unpaired) electrons. The predicted molar refractivity (Wildman–Crippen MR) is 122 cm³/mol. The molecule has 8 heteroatoms. The zero-order valence-electron chi connectivity index (χ0n) is 19.4. The van der Waals surface area contributed by atoms with Gasteiger partial charge in [-0.05, 0) is 45.7 Å². The van der Waals surface area contributed by atoms with Crippen molar-refractivity contribution in [3.63, 3.8) is 0 Å². The number of amides is 3. The average Bonchev–Trinajstić information content (AvgIpc) is 3.16. The van der Waals surface area contributed by atoms with E-state index in [1.54, 1.807) is 36.1 Å². The van der Waals surface area contributed by atoms with Crippen LogP contribution in [-0.4, -0.2) is 53.6 Å². The van der Waals surface area contributed by atoms with Crippen LogP contribution in [0.25, 0.3) is 0 Å². The minimum absolute atomic E-state index is 0.149. The van der Waals surface area contributed by atoms with Crippen LogP contribution in [0, 0.1) is 17.3 Å². The molecule has 0 unspecified atom stereocenters. The van der Waals surface area contributed by atoms with Crippen molar-refractivity contribution >= 4 is 29.2 Å². The third-order valence-electron chi connectivity index (χ3n) is 6.35. The molecule has 1 aromatic rings. The molecule has 3 amide bonds. The van der Waals surface area contributed by atoms with Gasteiger partial charge in [0, 0.05) is 42.8 Å². The molecule has 0 aromatic heterocycles. The van der Waals surface area contributed by atoms with Crippen molar-refractivity contribution in [3.05, 3.63) is 29.8 Å². The van der Waals surface area contributed by atoms with E-state index in [1.807, 2.05) is 20.8 Å². The number of rotatable bonds is 8. The molecule has 32 heavy (non-hydrogen) atoms. The molecule has 1 aromatic carbocycles. The van der Waals surface area contributed by atoms with Gasteiger partial charge in [0.15, 0.2) is 5.78 Å². The first kappa shape index (κ1) is 23.8. The number of likely N-dealkylation sites (tertiary alicyclic amines) is 1. The van der Waals surface area contributed by atoms with Gasteiger partial charge in [-0.2, -0.15) is 0 Å². The number of ketones is 1. The molecule has 4 N–H and O–H groups in total. The second-order valence-corrected chi connectivity index (χ2v) is 10.0. The zero-order valence-corrected chi connectivity index (χ0v) is 19.4. The fourth-order valence-electron chi connectivity index (χ4n) is 4.62. The van der Waals surface area contributed by atoms with E-state index in [0.29, 0.717) is 37.2 Å². The van der Waals surface area contributed by atoms with Gasteiger partial charge in [-0.15, -0.1) is 0 Å². The van der Waals surface area contributed by atoms with E-state index in [2.05, 4.69) is 10.6 Å². The number of carbonyl (C=O) groups excluding carboxylic acids is 4. The van der Waals surface area contributed by atoms with Crippen molar-refractivity contribution in [3.8, 4) is 0 Å². The first-order valence-electron chi connectivity index (χ1n) is 11.2. The zero-order chi connectivity index (χ0) is 23.7. The Hall–Kier alpha value is -2.90. The Morgan fingerprint density at radius 3 is 2.41 bits per heavy atom. The molecule has 1 aliphatic heterocycles. The molecule has 3 rings (SSSR count). The van der Waals surface area contributed by atoms with Gasteiger partial charge in [-0.1, -0.05) is 19.1 Å². The summed E-state index contributed by atoms with van der Waals surface area (Å²) in [6.07, 6.45) is 2.09. The second-order valence-electron chi connectivity index (χ2n) is 10.0. The molecule has 1 saturated heterocycles. The molecule has 1 saturated carbocycles. The van der Waals surface area contributed by atoms with Crippen LogP contribution in [-0.2, 0) is 14.4 Å². The fourth-order valence-corrected chi connectivity index (χ4v) is 4.62. The van der Waals surface area contributed by atoms with Gasteiger partial charge in [0.05, 0.1) is 17.3 Å². The quantitative estimate of drug-likeness (QED) is 0.322. The summed E-state index contributed by atoms with van der Waals surface area (Å²) in [4.78, 5) is 52.9. The Bertz CT molecular complexity index is 923. The van der Waals surface area contributed by atoms with Crippen LogP contribution in [0.5, 0.6) is 0 Å². The highest BCUT2D eigenvalue weighted by molar-refractivity contribution is 6.14. The monoisotopic (exact) mass is 442 g/mol. The molecule has 2 aliphatic rings.